The fourth-order valence-corrected chi connectivity index (χ4v) is 2.25. The largest absolute Gasteiger partial charge is 0.235 e. The zero-order valence-electron chi connectivity index (χ0n) is 5.97. The highest BCUT2D eigenvalue weighted by Gasteiger charge is 2.03. The zero-order valence-corrected chi connectivity index (χ0v) is 7.60. The molecule has 60 valence electrons. The average molecular weight is 196 g/mol. The summed E-state index contributed by atoms with van der Waals surface area (Å²) in [4.78, 5) is 0.800. The predicted molar refractivity (Wildman–Crippen MR) is 48.2 cm³/mol. The van der Waals surface area contributed by atoms with Crippen molar-refractivity contribution < 1.29 is 0 Å². The highest BCUT2D eigenvalue weighted by Crippen LogP contribution is 2.22. The van der Waals surface area contributed by atoms with Crippen LogP contribution in [-0.2, 0) is 0 Å². The average Bonchev–Trinajstić information content (AvgIpc) is 2.58. The number of fused-ring (bicyclic) bond motifs is 1. The van der Waals surface area contributed by atoms with E-state index in [4.69, 9.17) is 6.42 Å². The topological polar surface area (TPSA) is 43.1 Å². The first-order valence-corrected chi connectivity index (χ1v) is 4.93. The van der Waals surface area contributed by atoms with Crippen molar-refractivity contribution in [2.24, 2.45) is 0 Å². The fraction of sp³-hybridized carbons (Fsp3) is 0.167. The van der Waals surface area contributed by atoms with Gasteiger partial charge in [0.25, 0.3) is 0 Å². The Morgan fingerprint density at radius 3 is 3.42 bits per heavy atom. The molecule has 0 radical (unpaired) electrons. The highest BCUT2D eigenvalue weighted by molar-refractivity contribution is 8.01. The Labute approximate surface area is 77.0 Å². The molecule has 0 aliphatic heterocycles. The Balaban J connectivity index is 2.27. The molecule has 0 spiro atoms. The van der Waals surface area contributed by atoms with Crippen molar-refractivity contribution in [1.82, 2.24) is 19.8 Å². The van der Waals surface area contributed by atoms with Crippen LogP contribution < -0.4 is 0 Å². The van der Waals surface area contributed by atoms with E-state index in [1.165, 1.54) is 23.1 Å². The molecule has 6 heteroatoms. The first-order chi connectivity index (χ1) is 5.90. The van der Waals surface area contributed by atoms with E-state index in [1.54, 1.807) is 10.8 Å². The molecule has 0 aliphatic rings. The van der Waals surface area contributed by atoms with Crippen molar-refractivity contribution >= 4 is 28.1 Å². The minimum absolute atomic E-state index is 0.643. The number of hydrogen-bond donors (Lipinski definition) is 0. The van der Waals surface area contributed by atoms with Crippen molar-refractivity contribution in [2.75, 3.05) is 5.75 Å². The molecule has 0 unspecified atom stereocenters. The number of hydrogen-bond acceptors (Lipinski definition) is 5. The number of terminal acetylenes is 1. The number of thioether (sulfide) groups is 1. The lowest BCUT2D eigenvalue weighted by atomic mass is 10.8. The Kier molecular flexibility index (Phi) is 1.98. The molecule has 2 heterocycles. The van der Waals surface area contributed by atoms with Gasteiger partial charge in [0.15, 0.2) is 4.34 Å². The van der Waals surface area contributed by atoms with Gasteiger partial charge in [0.2, 0.25) is 4.96 Å². The van der Waals surface area contributed by atoms with Gasteiger partial charge in [0, 0.05) is 0 Å². The molecule has 0 saturated carbocycles. The summed E-state index contributed by atoms with van der Waals surface area (Å²) in [6, 6.07) is 0. The lowest BCUT2D eigenvalue weighted by molar-refractivity contribution is 0.902. The Hall–Kier alpha value is -1.06. The molecule has 0 aromatic carbocycles. The number of rotatable bonds is 2. The molecule has 0 amide bonds. The van der Waals surface area contributed by atoms with Crippen molar-refractivity contribution in [2.45, 2.75) is 4.34 Å². The summed E-state index contributed by atoms with van der Waals surface area (Å²) >= 11 is 3.02. The normalized spacial score (nSPS) is 10.2. The third-order valence-corrected chi connectivity index (χ3v) is 3.10. The Morgan fingerprint density at radius 1 is 1.75 bits per heavy atom. The van der Waals surface area contributed by atoms with Crippen LogP contribution in [0.3, 0.4) is 0 Å². The van der Waals surface area contributed by atoms with Crippen LogP contribution in [0.25, 0.3) is 4.96 Å². The Morgan fingerprint density at radius 2 is 2.67 bits per heavy atom. The smallest absolute Gasteiger partial charge is 0.190 e. The molecule has 0 saturated heterocycles. The summed E-state index contributed by atoms with van der Waals surface area (Å²) in [6.45, 7) is 0. The van der Waals surface area contributed by atoms with Gasteiger partial charge in [-0.1, -0.05) is 29.0 Å². The van der Waals surface area contributed by atoms with Gasteiger partial charge in [-0.05, 0) is 0 Å². The quantitative estimate of drug-likeness (QED) is 0.529. The molecule has 0 N–H and O–H groups in total. The van der Waals surface area contributed by atoms with E-state index < -0.39 is 0 Å². The Bertz CT molecular complexity index is 395. The number of nitrogens with zero attached hydrogens (tertiary/aromatic N) is 4. The second-order valence-corrected chi connectivity index (χ2v) is 4.10. The molecule has 0 bridgehead atoms. The molecular weight excluding hydrogens is 192 g/mol. The SMILES string of the molecule is C#CCSc1nn2cnnc2s1. The lowest BCUT2D eigenvalue weighted by Crippen LogP contribution is -1.80. The van der Waals surface area contributed by atoms with Crippen LogP contribution in [0.4, 0.5) is 0 Å². The molecule has 2 rings (SSSR count). The van der Waals surface area contributed by atoms with E-state index in [1.807, 2.05) is 0 Å². The molecule has 0 atom stereocenters. The monoisotopic (exact) mass is 196 g/mol. The van der Waals surface area contributed by atoms with E-state index in [2.05, 4.69) is 21.2 Å². The first kappa shape index (κ1) is 7.58. The molecule has 0 fully saturated rings. The van der Waals surface area contributed by atoms with E-state index in [9.17, 15) is 0 Å². The molecule has 4 nitrogen and oxygen atoms in total. The van der Waals surface area contributed by atoms with E-state index in [0.29, 0.717) is 5.75 Å². The van der Waals surface area contributed by atoms with Gasteiger partial charge in [0.1, 0.15) is 6.33 Å². The second kappa shape index (κ2) is 3.13. The highest BCUT2D eigenvalue weighted by atomic mass is 32.2. The van der Waals surface area contributed by atoms with Crippen LogP contribution >= 0.6 is 23.1 Å². The predicted octanol–water partition coefficient (Wildman–Crippen LogP) is 0.911. The van der Waals surface area contributed by atoms with Crippen molar-refractivity contribution in [3.63, 3.8) is 0 Å². The maximum absolute atomic E-state index is 5.12. The summed E-state index contributed by atoms with van der Waals surface area (Å²) in [5.74, 6) is 3.18. The molecule has 0 aliphatic carbocycles. The van der Waals surface area contributed by atoms with Gasteiger partial charge in [-0.3, -0.25) is 0 Å². The van der Waals surface area contributed by atoms with Crippen LogP contribution in [0.1, 0.15) is 0 Å². The summed E-state index contributed by atoms with van der Waals surface area (Å²) in [5, 5.41) is 11.7. The summed E-state index contributed by atoms with van der Waals surface area (Å²) < 4.78 is 2.57. The third-order valence-electron chi connectivity index (χ3n) is 1.15. The van der Waals surface area contributed by atoms with Crippen molar-refractivity contribution in [3.8, 4) is 12.3 Å². The van der Waals surface area contributed by atoms with Gasteiger partial charge in [-0.25, -0.2) is 0 Å². The van der Waals surface area contributed by atoms with E-state index in [-0.39, 0.29) is 0 Å². The van der Waals surface area contributed by atoms with Gasteiger partial charge in [-0.2, -0.15) is 4.52 Å². The summed E-state index contributed by atoms with van der Waals surface area (Å²) in [6.07, 6.45) is 6.69. The van der Waals surface area contributed by atoms with E-state index in [0.717, 1.165) is 9.30 Å². The maximum Gasteiger partial charge on any atom is 0.235 e. The minimum Gasteiger partial charge on any atom is -0.190 e. The van der Waals surface area contributed by atoms with Gasteiger partial charge < -0.3 is 0 Å². The van der Waals surface area contributed by atoms with Crippen LogP contribution in [0.15, 0.2) is 10.7 Å². The lowest BCUT2D eigenvalue weighted by Gasteiger charge is -1.84. The maximum atomic E-state index is 5.12. The van der Waals surface area contributed by atoms with E-state index >= 15 is 0 Å². The van der Waals surface area contributed by atoms with Crippen LogP contribution in [0, 0.1) is 12.3 Å². The van der Waals surface area contributed by atoms with Crippen molar-refractivity contribution in [1.29, 1.82) is 0 Å². The van der Waals surface area contributed by atoms with Crippen LogP contribution in [0.2, 0.25) is 0 Å². The third kappa shape index (κ3) is 1.29. The number of aromatic nitrogens is 4. The zero-order chi connectivity index (χ0) is 8.39. The van der Waals surface area contributed by atoms with Crippen LogP contribution in [0.5, 0.6) is 0 Å². The van der Waals surface area contributed by atoms with Crippen molar-refractivity contribution in [3.05, 3.63) is 6.33 Å². The second-order valence-electron chi connectivity index (χ2n) is 1.92. The molecule has 2 aromatic rings. The standard InChI is InChI=1S/C6H4N4S2/c1-2-3-11-6-9-10-4-7-8-5(10)12-6/h1,4H,3H2. The van der Waals surface area contributed by atoms with Gasteiger partial charge >= 0.3 is 0 Å². The van der Waals surface area contributed by atoms with Gasteiger partial charge in [0.05, 0.1) is 5.75 Å². The molecular formula is C6H4N4S2. The first-order valence-electron chi connectivity index (χ1n) is 3.13. The molecule has 12 heavy (non-hydrogen) atoms. The summed E-state index contributed by atoms with van der Waals surface area (Å²) in [5.41, 5.74) is 0. The summed E-state index contributed by atoms with van der Waals surface area (Å²) in [7, 11) is 0. The van der Waals surface area contributed by atoms with Crippen LogP contribution in [-0.4, -0.2) is 25.6 Å². The van der Waals surface area contributed by atoms with Gasteiger partial charge in [-0.15, -0.1) is 21.7 Å². The fourth-order valence-electron chi connectivity index (χ4n) is 0.703. The minimum atomic E-state index is 0.643. The molecule has 2 aromatic heterocycles.